The van der Waals surface area contributed by atoms with Gasteiger partial charge in [0.05, 0.1) is 0 Å². The number of phenols is 1. The molecule has 1 heterocycles. The standard InChI is InChI=1S/C30H32ClNO3/c1-4-27(23-11-16-28-24(19-23)20-29(31)35-28)30(21-7-12-25(33)13-8-21)22-9-14-26(15-10-22)34-18-17-32(5-2)6-3/h7-16,19-20,33H,4-6,17-18H2,1-3H3. The molecule has 0 amide bonds. The lowest BCUT2D eigenvalue weighted by atomic mass is 9.88. The Bertz CT molecular complexity index is 1290. The first kappa shape index (κ1) is 24.9. The maximum atomic E-state index is 9.88. The maximum Gasteiger partial charge on any atom is 0.194 e. The number of allylic oxidation sites excluding steroid dienone is 1. The summed E-state index contributed by atoms with van der Waals surface area (Å²) in [5.74, 6) is 1.11. The van der Waals surface area contributed by atoms with E-state index < -0.39 is 0 Å². The van der Waals surface area contributed by atoms with Gasteiger partial charge in [-0.3, -0.25) is 0 Å². The fraction of sp³-hybridized carbons (Fsp3) is 0.267. The lowest BCUT2D eigenvalue weighted by Crippen LogP contribution is -2.27. The molecule has 0 atom stereocenters. The predicted octanol–water partition coefficient (Wildman–Crippen LogP) is 7.88. The van der Waals surface area contributed by atoms with E-state index in [1.54, 1.807) is 12.1 Å². The fourth-order valence-corrected chi connectivity index (χ4v) is 4.62. The molecule has 182 valence electrons. The highest BCUT2D eigenvalue weighted by Gasteiger charge is 2.15. The normalized spacial score (nSPS) is 12.3. The third-order valence-corrected chi connectivity index (χ3v) is 6.55. The quantitative estimate of drug-likeness (QED) is 0.230. The van der Waals surface area contributed by atoms with Gasteiger partial charge in [0.2, 0.25) is 0 Å². The number of ether oxygens (including phenoxy) is 1. The summed E-state index contributed by atoms with van der Waals surface area (Å²) < 4.78 is 11.6. The molecule has 0 saturated heterocycles. The Hall–Kier alpha value is -3.21. The second-order valence-electron chi connectivity index (χ2n) is 8.46. The van der Waals surface area contributed by atoms with Crippen LogP contribution in [0.15, 0.2) is 77.2 Å². The highest BCUT2D eigenvalue weighted by atomic mass is 35.5. The van der Waals surface area contributed by atoms with Crippen LogP contribution >= 0.6 is 11.6 Å². The second kappa shape index (κ2) is 11.5. The molecular weight excluding hydrogens is 458 g/mol. The molecule has 0 saturated carbocycles. The van der Waals surface area contributed by atoms with Gasteiger partial charge in [-0.2, -0.15) is 0 Å². The summed E-state index contributed by atoms with van der Waals surface area (Å²) in [6.45, 7) is 10.1. The number of halogens is 1. The van der Waals surface area contributed by atoms with Crippen molar-refractivity contribution in [2.75, 3.05) is 26.2 Å². The number of phenolic OH excluding ortho intramolecular Hbond substituents is 1. The Balaban J connectivity index is 1.72. The SMILES string of the molecule is CCC(=C(c1ccc(O)cc1)c1ccc(OCCN(CC)CC)cc1)c1ccc2oc(Cl)cc2c1. The van der Waals surface area contributed by atoms with E-state index in [2.05, 4.69) is 49.9 Å². The molecule has 0 fully saturated rings. The molecule has 0 bridgehead atoms. The lowest BCUT2D eigenvalue weighted by molar-refractivity contribution is 0.223. The van der Waals surface area contributed by atoms with E-state index >= 15 is 0 Å². The maximum absolute atomic E-state index is 9.88. The van der Waals surface area contributed by atoms with Crippen molar-refractivity contribution in [2.45, 2.75) is 27.2 Å². The summed E-state index contributed by atoms with van der Waals surface area (Å²) in [5.41, 5.74) is 6.34. The topological polar surface area (TPSA) is 45.8 Å². The summed E-state index contributed by atoms with van der Waals surface area (Å²) in [5, 5.41) is 11.2. The van der Waals surface area contributed by atoms with Gasteiger partial charge in [-0.15, -0.1) is 0 Å². The lowest BCUT2D eigenvalue weighted by Gasteiger charge is -2.19. The van der Waals surface area contributed by atoms with E-state index in [0.717, 1.165) is 65.0 Å². The number of furan rings is 1. The minimum Gasteiger partial charge on any atom is -0.508 e. The summed E-state index contributed by atoms with van der Waals surface area (Å²) >= 11 is 6.09. The number of fused-ring (bicyclic) bond motifs is 1. The van der Waals surface area contributed by atoms with Crippen LogP contribution in [-0.4, -0.2) is 36.2 Å². The first-order valence-electron chi connectivity index (χ1n) is 12.2. The van der Waals surface area contributed by atoms with Gasteiger partial charge in [0, 0.05) is 18.0 Å². The monoisotopic (exact) mass is 489 g/mol. The number of likely N-dealkylation sites (N-methyl/N-ethyl adjacent to an activating group) is 1. The van der Waals surface area contributed by atoms with E-state index in [0.29, 0.717) is 11.8 Å². The van der Waals surface area contributed by atoms with Gasteiger partial charge in [0.1, 0.15) is 23.7 Å². The third-order valence-electron chi connectivity index (χ3n) is 6.36. The number of aromatic hydroxyl groups is 1. The Labute approximate surface area is 212 Å². The van der Waals surface area contributed by atoms with Gasteiger partial charge < -0.3 is 19.2 Å². The van der Waals surface area contributed by atoms with Crippen LogP contribution in [0.5, 0.6) is 11.5 Å². The van der Waals surface area contributed by atoms with Crippen molar-refractivity contribution in [1.82, 2.24) is 4.90 Å². The van der Waals surface area contributed by atoms with Crippen LogP contribution in [0.4, 0.5) is 0 Å². The Kier molecular flexibility index (Phi) is 8.17. The first-order valence-corrected chi connectivity index (χ1v) is 12.6. The minimum atomic E-state index is 0.248. The Morgan fingerprint density at radius 2 is 1.49 bits per heavy atom. The highest BCUT2D eigenvalue weighted by Crippen LogP contribution is 2.37. The van der Waals surface area contributed by atoms with Gasteiger partial charge in [-0.1, -0.05) is 51.1 Å². The number of nitrogens with zero attached hydrogens (tertiary/aromatic N) is 1. The van der Waals surface area contributed by atoms with Gasteiger partial charge >= 0.3 is 0 Å². The Morgan fingerprint density at radius 3 is 2.11 bits per heavy atom. The molecule has 0 unspecified atom stereocenters. The van der Waals surface area contributed by atoms with Gasteiger partial charge in [-0.05, 0) is 95.3 Å². The van der Waals surface area contributed by atoms with Gasteiger partial charge in [0.25, 0.3) is 0 Å². The molecule has 4 rings (SSSR count). The molecule has 0 aliphatic rings. The molecule has 0 spiro atoms. The fourth-order valence-electron chi connectivity index (χ4n) is 4.42. The zero-order valence-corrected chi connectivity index (χ0v) is 21.3. The van der Waals surface area contributed by atoms with Crippen LogP contribution < -0.4 is 4.74 Å². The number of hydrogen-bond donors (Lipinski definition) is 1. The van der Waals surface area contributed by atoms with Crippen molar-refractivity contribution in [3.63, 3.8) is 0 Å². The molecular formula is C30H32ClNO3. The molecule has 35 heavy (non-hydrogen) atoms. The van der Waals surface area contributed by atoms with E-state index in [9.17, 15) is 5.11 Å². The van der Waals surface area contributed by atoms with Crippen LogP contribution in [0.25, 0.3) is 22.1 Å². The highest BCUT2D eigenvalue weighted by molar-refractivity contribution is 6.29. The number of rotatable bonds is 10. The molecule has 1 N–H and O–H groups in total. The summed E-state index contributed by atoms with van der Waals surface area (Å²) in [4.78, 5) is 2.34. The van der Waals surface area contributed by atoms with Crippen LogP contribution in [0, 0.1) is 0 Å². The molecule has 0 radical (unpaired) electrons. The van der Waals surface area contributed by atoms with Crippen LogP contribution in [0.2, 0.25) is 5.22 Å². The van der Waals surface area contributed by atoms with E-state index in [4.69, 9.17) is 20.8 Å². The first-order chi connectivity index (χ1) is 17.0. The molecule has 0 aliphatic carbocycles. The van der Waals surface area contributed by atoms with Crippen molar-refractivity contribution in [3.05, 3.63) is 94.7 Å². The second-order valence-corrected chi connectivity index (χ2v) is 8.83. The van der Waals surface area contributed by atoms with E-state index in [1.807, 2.05) is 36.4 Å². The van der Waals surface area contributed by atoms with E-state index in [-0.39, 0.29) is 5.75 Å². The molecule has 1 aromatic heterocycles. The molecule has 0 aliphatic heterocycles. The summed E-state index contributed by atoms with van der Waals surface area (Å²) in [6.07, 6.45) is 0.829. The largest absolute Gasteiger partial charge is 0.508 e. The zero-order chi connectivity index (χ0) is 24.8. The van der Waals surface area contributed by atoms with Crippen molar-refractivity contribution in [2.24, 2.45) is 0 Å². The number of hydrogen-bond acceptors (Lipinski definition) is 4. The molecule has 3 aromatic carbocycles. The Morgan fingerprint density at radius 1 is 0.857 bits per heavy atom. The third kappa shape index (κ3) is 5.90. The van der Waals surface area contributed by atoms with Crippen molar-refractivity contribution in [3.8, 4) is 11.5 Å². The van der Waals surface area contributed by atoms with Crippen LogP contribution in [-0.2, 0) is 0 Å². The van der Waals surface area contributed by atoms with Gasteiger partial charge in [0.15, 0.2) is 5.22 Å². The molecule has 5 heteroatoms. The number of benzene rings is 3. The summed E-state index contributed by atoms with van der Waals surface area (Å²) in [7, 11) is 0. The van der Waals surface area contributed by atoms with Gasteiger partial charge in [-0.25, -0.2) is 0 Å². The average Bonchev–Trinajstić information content (AvgIpc) is 3.25. The molecule has 4 aromatic rings. The van der Waals surface area contributed by atoms with Crippen LogP contribution in [0.3, 0.4) is 0 Å². The minimum absolute atomic E-state index is 0.248. The predicted molar refractivity (Wildman–Crippen MR) is 145 cm³/mol. The van der Waals surface area contributed by atoms with Crippen molar-refractivity contribution >= 4 is 33.7 Å². The smallest absolute Gasteiger partial charge is 0.194 e. The summed E-state index contributed by atoms with van der Waals surface area (Å²) in [6, 6.07) is 23.7. The molecule has 4 nitrogen and oxygen atoms in total. The van der Waals surface area contributed by atoms with Crippen molar-refractivity contribution < 1.29 is 14.3 Å². The van der Waals surface area contributed by atoms with E-state index in [1.165, 1.54) is 5.57 Å². The van der Waals surface area contributed by atoms with Crippen LogP contribution in [0.1, 0.15) is 43.9 Å². The van der Waals surface area contributed by atoms with Crippen molar-refractivity contribution in [1.29, 1.82) is 0 Å². The zero-order valence-electron chi connectivity index (χ0n) is 20.6. The average molecular weight is 490 g/mol.